The van der Waals surface area contributed by atoms with E-state index in [1.165, 1.54) is 12.1 Å². The molecule has 0 unspecified atom stereocenters. The number of nitriles is 1. The van der Waals surface area contributed by atoms with Crippen LogP contribution >= 0.6 is 0 Å². The average Bonchev–Trinajstić information content (AvgIpc) is 2.34. The lowest BCUT2D eigenvalue weighted by Gasteiger charge is -2.10. The van der Waals surface area contributed by atoms with Crippen LogP contribution in [-0.2, 0) is 0 Å². The van der Waals surface area contributed by atoms with E-state index in [0.717, 1.165) is 11.6 Å². The molecule has 0 saturated carbocycles. The highest BCUT2D eigenvalue weighted by Gasteiger charge is 2.08. The Morgan fingerprint density at radius 1 is 1.17 bits per heavy atom. The molecule has 0 aliphatic rings. The number of hydrogen-bond acceptors (Lipinski definition) is 3. The van der Waals surface area contributed by atoms with Crippen LogP contribution in [0.1, 0.15) is 11.1 Å². The average molecular weight is 242 g/mol. The van der Waals surface area contributed by atoms with Gasteiger partial charge in [-0.3, -0.25) is 0 Å². The summed E-state index contributed by atoms with van der Waals surface area (Å²) in [6, 6.07) is 11.0. The van der Waals surface area contributed by atoms with Crippen LogP contribution in [0.5, 0.6) is 11.5 Å². The zero-order valence-electron chi connectivity index (χ0n) is 9.77. The van der Waals surface area contributed by atoms with Crippen LogP contribution in [0.2, 0.25) is 0 Å². The number of anilines is 1. The standard InChI is InChI=1S/C14H11FN2O/c1-9-2-4-14(12(17)6-9)18-13-5-3-11(15)7-10(13)8-16/h2-7H,17H2,1H3. The molecule has 0 aromatic heterocycles. The van der Waals surface area contributed by atoms with Gasteiger partial charge in [0.2, 0.25) is 0 Å². The molecule has 90 valence electrons. The maximum absolute atomic E-state index is 13.0. The first-order valence-corrected chi connectivity index (χ1v) is 5.34. The van der Waals surface area contributed by atoms with Gasteiger partial charge in [-0.15, -0.1) is 0 Å². The Balaban J connectivity index is 2.37. The van der Waals surface area contributed by atoms with Crippen molar-refractivity contribution in [2.45, 2.75) is 6.92 Å². The Morgan fingerprint density at radius 3 is 2.56 bits per heavy atom. The lowest BCUT2D eigenvalue weighted by atomic mass is 10.2. The Kier molecular flexibility index (Phi) is 3.16. The van der Waals surface area contributed by atoms with Gasteiger partial charge < -0.3 is 10.5 Å². The minimum atomic E-state index is -0.476. The molecule has 2 rings (SSSR count). The smallest absolute Gasteiger partial charge is 0.150 e. The second-order valence-corrected chi connectivity index (χ2v) is 3.90. The van der Waals surface area contributed by atoms with Crippen LogP contribution < -0.4 is 10.5 Å². The minimum absolute atomic E-state index is 0.134. The Labute approximate surface area is 104 Å². The van der Waals surface area contributed by atoms with Crippen molar-refractivity contribution in [1.82, 2.24) is 0 Å². The fourth-order valence-corrected chi connectivity index (χ4v) is 1.56. The SMILES string of the molecule is Cc1ccc(Oc2ccc(F)cc2C#N)c(N)c1. The molecule has 0 heterocycles. The molecule has 0 spiro atoms. The molecule has 0 aliphatic carbocycles. The number of nitrogens with zero attached hydrogens (tertiary/aromatic N) is 1. The molecular formula is C14H11FN2O. The summed E-state index contributed by atoms with van der Waals surface area (Å²) in [6.45, 7) is 1.92. The predicted molar refractivity (Wildman–Crippen MR) is 66.8 cm³/mol. The van der Waals surface area contributed by atoms with Crippen molar-refractivity contribution in [2.75, 3.05) is 5.73 Å². The summed E-state index contributed by atoms with van der Waals surface area (Å²) in [5, 5.41) is 8.91. The summed E-state index contributed by atoms with van der Waals surface area (Å²) in [5.41, 5.74) is 7.43. The van der Waals surface area contributed by atoms with Gasteiger partial charge in [0.15, 0.2) is 0 Å². The van der Waals surface area contributed by atoms with Gasteiger partial charge in [-0.1, -0.05) is 6.07 Å². The molecule has 0 saturated heterocycles. The Morgan fingerprint density at radius 2 is 1.89 bits per heavy atom. The number of nitrogen functional groups attached to an aromatic ring is 1. The van der Waals surface area contributed by atoms with Crippen molar-refractivity contribution in [3.05, 3.63) is 53.3 Å². The van der Waals surface area contributed by atoms with Crippen LogP contribution in [0.25, 0.3) is 0 Å². The first-order chi connectivity index (χ1) is 8.60. The summed E-state index contributed by atoms with van der Waals surface area (Å²) >= 11 is 0. The van der Waals surface area contributed by atoms with E-state index < -0.39 is 5.82 Å². The lowest BCUT2D eigenvalue weighted by molar-refractivity contribution is 0.481. The fourth-order valence-electron chi connectivity index (χ4n) is 1.56. The van der Waals surface area contributed by atoms with E-state index in [1.54, 1.807) is 12.1 Å². The van der Waals surface area contributed by atoms with E-state index in [-0.39, 0.29) is 11.3 Å². The normalized spacial score (nSPS) is 9.83. The summed E-state index contributed by atoms with van der Waals surface area (Å²) in [5.74, 6) is 0.258. The van der Waals surface area contributed by atoms with Crippen LogP contribution in [0, 0.1) is 24.1 Å². The Hall–Kier alpha value is -2.54. The van der Waals surface area contributed by atoms with Gasteiger partial charge in [0, 0.05) is 0 Å². The van der Waals surface area contributed by atoms with Crippen molar-refractivity contribution in [2.24, 2.45) is 0 Å². The number of hydrogen-bond donors (Lipinski definition) is 1. The van der Waals surface area contributed by atoms with Crippen LogP contribution in [-0.4, -0.2) is 0 Å². The zero-order valence-corrected chi connectivity index (χ0v) is 9.77. The quantitative estimate of drug-likeness (QED) is 0.821. The van der Waals surface area contributed by atoms with Crippen molar-refractivity contribution in [1.29, 1.82) is 5.26 Å². The highest BCUT2D eigenvalue weighted by atomic mass is 19.1. The molecule has 0 atom stereocenters. The van der Waals surface area contributed by atoms with E-state index in [9.17, 15) is 4.39 Å². The molecule has 0 bridgehead atoms. The molecule has 2 aromatic carbocycles. The maximum Gasteiger partial charge on any atom is 0.150 e. The third-order valence-electron chi connectivity index (χ3n) is 2.45. The number of aryl methyl sites for hydroxylation is 1. The Bertz CT molecular complexity index is 632. The number of halogens is 1. The number of ether oxygens (including phenoxy) is 1. The lowest BCUT2D eigenvalue weighted by Crippen LogP contribution is -1.94. The van der Waals surface area contributed by atoms with E-state index in [1.807, 2.05) is 19.1 Å². The molecule has 0 fully saturated rings. The minimum Gasteiger partial charge on any atom is -0.454 e. The first-order valence-electron chi connectivity index (χ1n) is 5.34. The molecule has 0 radical (unpaired) electrons. The van der Waals surface area contributed by atoms with Gasteiger partial charge in [-0.25, -0.2) is 4.39 Å². The van der Waals surface area contributed by atoms with Crippen molar-refractivity contribution < 1.29 is 9.13 Å². The topological polar surface area (TPSA) is 59.0 Å². The van der Waals surface area contributed by atoms with Gasteiger partial charge in [-0.05, 0) is 42.8 Å². The van der Waals surface area contributed by atoms with Crippen molar-refractivity contribution in [3.63, 3.8) is 0 Å². The molecule has 18 heavy (non-hydrogen) atoms. The highest BCUT2D eigenvalue weighted by molar-refractivity contribution is 5.56. The van der Waals surface area contributed by atoms with Crippen molar-refractivity contribution >= 4 is 5.69 Å². The summed E-state index contributed by atoms with van der Waals surface area (Å²) in [6.07, 6.45) is 0. The predicted octanol–water partition coefficient (Wildman–Crippen LogP) is 3.38. The van der Waals surface area contributed by atoms with Crippen LogP contribution in [0.15, 0.2) is 36.4 Å². The summed E-state index contributed by atoms with van der Waals surface area (Å²) in [4.78, 5) is 0. The first kappa shape index (κ1) is 11.9. The van der Waals surface area contributed by atoms with Crippen LogP contribution in [0.4, 0.5) is 10.1 Å². The fraction of sp³-hybridized carbons (Fsp3) is 0.0714. The molecular weight excluding hydrogens is 231 g/mol. The molecule has 2 aromatic rings. The third-order valence-corrected chi connectivity index (χ3v) is 2.45. The van der Waals surface area contributed by atoms with Crippen LogP contribution in [0.3, 0.4) is 0 Å². The molecule has 2 N–H and O–H groups in total. The highest BCUT2D eigenvalue weighted by Crippen LogP contribution is 2.30. The third kappa shape index (κ3) is 2.41. The summed E-state index contributed by atoms with van der Waals surface area (Å²) in [7, 11) is 0. The second-order valence-electron chi connectivity index (χ2n) is 3.90. The van der Waals surface area contributed by atoms with E-state index in [0.29, 0.717) is 11.4 Å². The molecule has 4 heteroatoms. The number of nitrogens with two attached hydrogens (primary N) is 1. The monoisotopic (exact) mass is 242 g/mol. The molecule has 0 aliphatic heterocycles. The maximum atomic E-state index is 13.0. The van der Waals surface area contributed by atoms with Gasteiger partial charge in [0.25, 0.3) is 0 Å². The van der Waals surface area contributed by atoms with E-state index >= 15 is 0 Å². The van der Waals surface area contributed by atoms with Crippen molar-refractivity contribution in [3.8, 4) is 17.6 Å². The largest absolute Gasteiger partial charge is 0.454 e. The second kappa shape index (κ2) is 4.76. The van der Waals surface area contributed by atoms with Gasteiger partial charge >= 0.3 is 0 Å². The summed E-state index contributed by atoms with van der Waals surface area (Å²) < 4.78 is 18.5. The van der Waals surface area contributed by atoms with Gasteiger partial charge in [0.05, 0.1) is 11.3 Å². The van der Waals surface area contributed by atoms with Gasteiger partial charge in [0.1, 0.15) is 23.4 Å². The zero-order chi connectivity index (χ0) is 13.1. The number of benzene rings is 2. The molecule has 3 nitrogen and oxygen atoms in total. The van der Waals surface area contributed by atoms with Gasteiger partial charge in [-0.2, -0.15) is 5.26 Å². The van der Waals surface area contributed by atoms with E-state index in [4.69, 9.17) is 15.7 Å². The molecule has 0 amide bonds. The van der Waals surface area contributed by atoms with E-state index in [2.05, 4.69) is 0 Å². The number of rotatable bonds is 2.